The van der Waals surface area contributed by atoms with E-state index in [4.69, 9.17) is 0 Å². The SMILES string of the molecule is CC1CCC(NCc2ccc(O)cc2O)C1C. The minimum atomic E-state index is 0.106. The summed E-state index contributed by atoms with van der Waals surface area (Å²) < 4.78 is 0. The number of phenolic OH excluding ortho intramolecular Hbond substituents is 2. The molecule has 0 heterocycles. The highest BCUT2D eigenvalue weighted by molar-refractivity contribution is 5.38. The van der Waals surface area contributed by atoms with Crippen molar-refractivity contribution in [3.8, 4) is 11.5 Å². The predicted octanol–water partition coefficient (Wildman–Crippen LogP) is 2.62. The van der Waals surface area contributed by atoms with Crippen molar-refractivity contribution in [3.05, 3.63) is 23.8 Å². The van der Waals surface area contributed by atoms with E-state index in [0.29, 0.717) is 18.5 Å². The fourth-order valence-corrected chi connectivity index (χ4v) is 2.60. The van der Waals surface area contributed by atoms with Gasteiger partial charge in [-0.1, -0.05) is 19.9 Å². The largest absolute Gasteiger partial charge is 0.508 e. The van der Waals surface area contributed by atoms with Gasteiger partial charge in [-0.2, -0.15) is 0 Å². The fraction of sp³-hybridized carbons (Fsp3) is 0.571. The van der Waals surface area contributed by atoms with Crippen molar-refractivity contribution in [1.82, 2.24) is 5.32 Å². The summed E-state index contributed by atoms with van der Waals surface area (Å²) in [6, 6.07) is 5.30. The highest BCUT2D eigenvalue weighted by Gasteiger charge is 2.29. The lowest BCUT2D eigenvalue weighted by Gasteiger charge is -2.20. The molecule has 3 N–H and O–H groups in total. The molecule has 1 saturated carbocycles. The maximum atomic E-state index is 9.68. The second-order valence-electron chi connectivity index (χ2n) is 5.21. The Hall–Kier alpha value is -1.22. The minimum Gasteiger partial charge on any atom is -0.508 e. The molecule has 3 heteroatoms. The van der Waals surface area contributed by atoms with Crippen LogP contribution in [0.4, 0.5) is 0 Å². The van der Waals surface area contributed by atoms with E-state index in [1.807, 2.05) is 0 Å². The Morgan fingerprint density at radius 3 is 2.59 bits per heavy atom. The van der Waals surface area contributed by atoms with Gasteiger partial charge in [-0.25, -0.2) is 0 Å². The maximum Gasteiger partial charge on any atom is 0.123 e. The molecule has 17 heavy (non-hydrogen) atoms. The first-order valence-electron chi connectivity index (χ1n) is 6.32. The molecule has 0 aliphatic heterocycles. The first kappa shape index (κ1) is 12.2. The Morgan fingerprint density at radius 1 is 1.24 bits per heavy atom. The summed E-state index contributed by atoms with van der Waals surface area (Å²) in [4.78, 5) is 0. The molecule has 1 aliphatic rings. The zero-order valence-corrected chi connectivity index (χ0v) is 10.5. The molecule has 1 fully saturated rings. The summed E-state index contributed by atoms with van der Waals surface area (Å²) in [5.41, 5.74) is 0.842. The van der Waals surface area contributed by atoms with Gasteiger partial charge in [0, 0.05) is 24.2 Å². The van der Waals surface area contributed by atoms with Crippen LogP contribution in [0.15, 0.2) is 18.2 Å². The molecule has 1 aromatic rings. The summed E-state index contributed by atoms with van der Waals surface area (Å²) in [6.07, 6.45) is 2.49. The standard InChI is InChI=1S/C14H21NO2/c1-9-3-6-13(10(9)2)15-8-11-4-5-12(16)7-14(11)17/h4-5,7,9-10,13,15-17H,3,6,8H2,1-2H3. The summed E-state index contributed by atoms with van der Waals surface area (Å²) >= 11 is 0. The normalized spacial score (nSPS) is 28.5. The van der Waals surface area contributed by atoms with E-state index in [2.05, 4.69) is 19.2 Å². The average molecular weight is 235 g/mol. The van der Waals surface area contributed by atoms with Gasteiger partial charge in [0.15, 0.2) is 0 Å². The fourth-order valence-electron chi connectivity index (χ4n) is 2.60. The van der Waals surface area contributed by atoms with Crippen LogP contribution in [0.3, 0.4) is 0 Å². The molecule has 3 atom stereocenters. The number of phenols is 2. The van der Waals surface area contributed by atoms with Crippen molar-refractivity contribution >= 4 is 0 Å². The highest BCUT2D eigenvalue weighted by atomic mass is 16.3. The van der Waals surface area contributed by atoms with Gasteiger partial charge in [-0.3, -0.25) is 0 Å². The lowest BCUT2D eigenvalue weighted by Crippen LogP contribution is -2.31. The summed E-state index contributed by atoms with van der Waals surface area (Å²) in [5, 5.41) is 22.4. The number of aromatic hydroxyl groups is 2. The van der Waals surface area contributed by atoms with Gasteiger partial charge in [0.2, 0.25) is 0 Å². The van der Waals surface area contributed by atoms with Crippen LogP contribution in [0, 0.1) is 11.8 Å². The molecule has 0 amide bonds. The maximum absolute atomic E-state index is 9.68. The van der Waals surface area contributed by atoms with Gasteiger partial charge in [0.25, 0.3) is 0 Å². The molecule has 2 rings (SSSR count). The lowest BCUT2D eigenvalue weighted by molar-refractivity contribution is 0.366. The molecule has 1 aliphatic carbocycles. The van der Waals surface area contributed by atoms with E-state index in [1.165, 1.54) is 18.9 Å². The van der Waals surface area contributed by atoms with Crippen molar-refractivity contribution in [2.75, 3.05) is 0 Å². The Bertz CT molecular complexity index is 392. The van der Waals surface area contributed by atoms with Crippen LogP contribution >= 0.6 is 0 Å². The van der Waals surface area contributed by atoms with Crippen LogP contribution in [0.5, 0.6) is 11.5 Å². The zero-order chi connectivity index (χ0) is 12.4. The van der Waals surface area contributed by atoms with Crippen LogP contribution < -0.4 is 5.32 Å². The van der Waals surface area contributed by atoms with Gasteiger partial charge in [0.1, 0.15) is 11.5 Å². The smallest absolute Gasteiger partial charge is 0.123 e. The Labute approximate surface area is 102 Å². The molecule has 3 nitrogen and oxygen atoms in total. The molecule has 0 bridgehead atoms. The average Bonchev–Trinajstić information content (AvgIpc) is 2.59. The van der Waals surface area contributed by atoms with Crippen LogP contribution in [0.1, 0.15) is 32.3 Å². The Morgan fingerprint density at radius 2 is 2.00 bits per heavy atom. The van der Waals surface area contributed by atoms with Crippen LogP contribution in [0.2, 0.25) is 0 Å². The first-order chi connectivity index (χ1) is 8.08. The molecule has 94 valence electrons. The topological polar surface area (TPSA) is 52.5 Å². The Balaban J connectivity index is 1.94. The highest BCUT2D eigenvalue weighted by Crippen LogP contribution is 2.31. The van der Waals surface area contributed by atoms with E-state index in [0.717, 1.165) is 11.5 Å². The predicted molar refractivity (Wildman–Crippen MR) is 68.0 cm³/mol. The van der Waals surface area contributed by atoms with Gasteiger partial charge >= 0.3 is 0 Å². The van der Waals surface area contributed by atoms with E-state index in [1.54, 1.807) is 12.1 Å². The molecular weight excluding hydrogens is 214 g/mol. The zero-order valence-electron chi connectivity index (χ0n) is 10.5. The van der Waals surface area contributed by atoms with Crippen molar-refractivity contribution in [2.45, 2.75) is 39.3 Å². The quantitative estimate of drug-likeness (QED) is 0.755. The summed E-state index contributed by atoms with van der Waals surface area (Å²) in [7, 11) is 0. The van der Waals surface area contributed by atoms with E-state index >= 15 is 0 Å². The third-order valence-electron chi connectivity index (χ3n) is 4.09. The van der Waals surface area contributed by atoms with Crippen LogP contribution in [0.25, 0.3) is 0 Å². The second-order valence-corrected chi connectivity index (χ2v) is 5.21. The van der Waals surface area contributed by atoms with Gasteiger partial charge in [0.05, 0.1) is 0 Å². The van der Waals surface area contributed by atoms with Gasteiger partial charge < -0.3 is 15.5 Å². The van der Waals surface area contributed by atoms with Crippen molar-refractivity contribution in [1.29, 1.82) is 0 Å². The van der Waals surface area contributed by atoms with Crippen molar-refractivity contribution in [2.24, 2.45) is 11.8 Å². The van der Waals surface area contributed by atoms with Crippen LogP contribution in [-0.4, -0.2) is 16.3 Å². The van der Waals surface area contributed by atoms with Gasteiger partial charge in [-0.15, -0.1) is 0 Å². The number of benzene rings is 1. The molecule has 0 saturated heterocycles. The van der Waals surface area contributed by atoms with Crippen molar-refractivity contribution in [3.63, 3.8) is 0 Å². The number of nitrogens with one attached hydrogen (secondary N) is 1. The van der Waals surface area contributed by atoms with Crippen molar-refractivity contribution < 1.29 is 10.2 Å². The van der Waals surface area contributed by atoms with Gasteiger partial charge in [-0.05, 0) is 30.7 Å². The number of rotatable bonds is 3. The summed E-state index contributed by atoms with van der Waals surface area (Å²) in [6.45, 7) is 5.24. The molecule has 1 aromatic carbocycles. The monoisotopic (exact) mass is 235 g/mol. The molecule has 0 aromatic heterocycles. The second kappa shape index (κ2) is 4.96. The lowest BCUT2D eigenvalue weighted by atomic mass is 9.97. The Kier molecular flexibility index (Phi) is 3.57. The molecule has 0 radical (unpaired) electrons. The van der Waals surface area contributed by atoms with E-state index < -0.39 is 0 Å². The first-order valence-corrected chi connectivity index (χ1v) is 6.32. The number of hydrogen-bond donors (Lipinski definition) is 3. The third kappa shape index (κ3) is 2.72. The van der Waals surface area contributed by atoms with E-state index in [-0.39, 0.29) is 11.5 Å². The molecular formula is C14H21NO2. The van der Waals surface area contributed by atoms with Crippen LogP contribution in [-0.2, 0) is 6.54 Å². The molecule has 0 spiro atoms. The summed E-state index contributed by atoms with van der Waals surface area (Å²) in [5.74, 6) is 1.74. The van der Waals surface area contributed by atoms with E-state index in [9.17, 15) is 10.2 Å². The number of hydrogen-bond acceptors (Lipinski definition) is 3. The minimum absolute atomic E-state index is 0.106. The third-order valence-corrected chi connectivity index (χ3v) is 4.09. The molecule has 3 unspecified atom stereocenters.